The molecule has 1 aliphatic rings. The van der Waals surface area contributed by atoms with Gasteiger partial charge in [-0.1, -0.05) is 30.3 Å². The summed E-state index contributed by atoms with van der Waals surface area (Å²) in [5.41, 5.74) is 1.31. The zero-order valence-electron chi connectivity index (χ0n) is 13.4. The van der Waals surface area contributed by atoms with Crippen LogP contribution in [0, 0.1) is 0 Å². The van der Waals surface area contributed by atoms with Crippen molar-refractivity contribution in [3.8, 4) is 10.6 Å². The minimum atomic E-state index is -0.586. The quantitative estimate of drug-likeness (QED) is 0.917. The van der Waals surface area contributed by atoms with E-state index in [0.717, 1.165) is 10.6 Å². The van der Waals surface area contributed by atoms with Gasteiger partial charge in [-0.25, -0.2) is 4.98 Å². The number of nitrogens with zero attached hydrogens (tertiary/aromatic N) is 2. The second kappa shape index (κ2) is 7.55. The standard InChI is InChI=1S/C17H19N3O3S/c1-12(17(22)20-7-9-23-10-8-20)18-15(21)14-11-24-16(19-14)13-5-3-2-4-6-13/h2-6,11-12H,7-10H2,1H3,(H,18,21)/t12-/m0/s1. The van der Waals surface area contributed by atoms with Crippen molar-refractivity contribution in [2.45, 2.75) is 13.0 Å². The van der Waals surface area contributed by atoms with Crippen molar-refractivity contribution >= 4 is 23.2 Å². The topological polar surface area (TPSA) is 71.5 Å². The number of amides is 2. The number of hydrogen-bond acceptors (Lipinski definition) is 5. The molecule has 3 rings (SSSR count). The predicted molar refractivity (Wildman–Crippen MR) is 91.9 cm³/mol. The lowest BCUT2D eigenvalue weighted by Crippen LogP contribution is -2.50. The van der Waals surface area contributed by atoms with Crippen molar-refractivity contribution in [1.82, 2.24) is 15.2 Å². The molecule has 24 heavy (non-hydrogen) atoms. The summed E-state index contributed by atoms with van der Waals surface area (Å²) in [6, 6.07) is 9.11. The first kappa shape index (κ1) is 16.6. The molecule has 6 nitrogen and oxygen atoms in total. The molecule has 0 saturated carbocycles. The number of morpholine rings is 1. The number of benzene rings is 1. The fourth-order valence-electron chi connectivity index (χ4n) is 2.48. The van der Waals surface area contributed by atoms with Gasteiger partial charge in [0.25, 0.3) is 5.91 Å². The van der Waals surface area contributed by atoms with Crippen LogP contribution in [0.2, 0.25) is 0 Å². The van der Waals surface area contributed by atoms with E-state index in [0.29, 0.717) is 32.0 Å². The Hall–Kier alpha value is -2.25. The number of aromatic nitrogens is 1. The zero-order chi connectivity index (χ0) is 16.9. The highest BCUT2D eigenvalue weighted by Gasteiger charge is 2.24. The first-order valence-corrected chi connectivity index (χ1v) is 8.71. The number of nitrogens with one attached hydrogen (secondary N) is 1. The molecule has 7 heteroatoms. The molecular weight excluding hydrogens is 326 g/mol. The van der Waals surface area contributed by atoms with Crippen LogP contribution in [0.15, 0.2) is 35.7 Å². The van der Waals surface area contributed by atoms with Crippen molar-refractivity contribution < 1.29 is 14.3 Å². The van der Waals surface area contributed by atoms with Crippen molar-refractivity contribution in [2.75, 3.05) is 26.3 Å². The van der Waals surface area contributed by atoms with Crippen LogP contribution in [0.4, 0.5) is 0 Å². The first-order chi connectivity index (χ1) is 11.6. The van der Waals surface area contributed by atoms with Crippen LogP contribution in [0.25, 0.3) is 10.6 Å². The maximum Gasteiger partial charge on any atom is 0.271 e. The molecule has 1 atom stereocenters. The second-order valence-electron chi connectivity index (χ2n) is 5.54. The minimum absolute atomic E-state index is 0.0924. The zero-order valence-corrected chi connectivity index (χ0v) is 14.2. The van der Waals surface area contributed by atoms with E-state index in [4.69, 9.17) is 4.74 Å². The Morgan fingerprint density at radius 3 is 2.67 bits per heavy atom. The average molecular weight is 345 g/mol. The molecule has 1 fully saturated rings. The molecule has 1 aliphatic heterocycles. The predicted octanol–water partition coefficient (Wildman–Crippen LogP) is 1.79. The molecule has 1 aromatic carbocycles. The SMILES string of the molecule is C[C@H](NC(=O)c1csc(-c2ccccc2)n1)C(=O)N1CCOCC1. The highest BCUT2D eigenvalue weighted by molar-refractivity contribution is 7.13. The monoisotopic (exact) mass is 345 g/mol. The summed E-state index contributed by atoms with van der Waals surface area (Å²) in [4.78, 5) is 30.7. The van der Waals surface area contributed by atoms with Crippen LogP contribution in [-0.2, 0) is 9.53 Å². The second-order valence-corrected chi connectivity index (χ2v) is 6.39. The lowest BCUT2D eigenvalue weighted by molar-refractivity contribution is -0.136. The van der Waals surface area contributed by atoms with E-state index in [-0.39, 0.29) is 11.8 Å². The van der Waals surface area contributed by atoms with Gasteiger partial charge in [-0.2, -0.15) is 0 Å². The van der Waals surface area contributed by atoms with Crippen molar-refractivity contribution in [1.29, 1.82) is 0 Å². The van der Waals surface area contributed by atoms with Gasteiger partial charge >= 0.3 is 0 Å². The van der Waals surface area contributed by atoms with Gasteiger partial charge in [0, 0.05) is 24.0 Å². The Balaban J connectivity index is 1.62. The van der Waals surface area contributed by atoms with Gasteiger partial charge in [0.2, 0.25) is 5.91 Å². The summed E-state index contributed by atoms with van der Waals surface area (Å²) < 4.78 is 5.23. The van der Waals surface area contributed by atoms with Crippen LogP contribution in [-0.4, -0.2) is 54.0 Å². The third-order valence-electron chi connectivity index (χ3n) is 3.80. The van der Waals surface area contributed by atoms with Gasteiger partial charge in [-0.3, -0.25) is 9.59 Å². The highest BCUT2D eigenvalue weighted by Crippen LogP contribution is 2.23. The Morgan fingerprint density at radius 2 is 1.96 bits per heavy atom. The number of thiazole rings is 1. The van der Waals surface area contributed by atoms with Gasteiger partial charge in [-0.15, -0.1) is 11.3 Å². The third kappa shape index (κ3) is 3.80. The molecular formula is C17H19N3O3S. The Labute approximate surface area is 144 Å². The lowest BCUT2D eigenvalue weighted by atomic mass is 10.2. The molecule has 126 valence electrons. The van der Waals surface area contributed by atoms with E-state index < -0.39 is 6.04 Å². The van der Waals surface area contributed by atoms with Crippen molar-refractivity contribution in [3.63, 3.8) is 0 Å². The Bertz CT molecular complexity index is 711. The normalized spacial score (nSPS) is 15.8. The van der Waals surface area contributed by atoms with Crippen LogP contribution in [0.1, 0.15) is 17.4 Å². The van der Waals surface area contributed by atoms with E-state index in [2.05, 4.69) is 10.3 Å². The van der Waals surface area contributed by atoms with Crippen LogP contribution >= 0.6 is 11.3 Å². The molecule has 0 aliphatic carbocycles. The van der Waals surface area contributed by atoms with Crippen molar-refractivity contribution in [3.05, 3.63) is 41.4 Å². The smallest absolute Gasteiger partial charge is 0.271 e. The highest BCUT2D eigenvalue weighted by atomic mass is 32.1. The van der Waals surface area contributed by atoms with Crippen LogP contribution < -0.4 is 5.32 Å². The van der Waals surface area contributed by atoms with Gasteiger partial charge in [0.1, 0.15) is 16.7 Å². The van der Waals surface area contributed by atoms with Crippen LogP contribution in [0.5, 0.6) is 0 Å². The average Bonchev–Trinajstić information content (AvgIpc) is 3.13. The van der Waals surface area contributed by atoms with E-state index >= 15 is 0 Å². The number of carbonyl (C=O) groups is 2. The molecule has 2 heterocycles. The molecule has 0 bridgehead atoms. The number of ether oxygens (including phenoxy) is 1. The summed E-state index contributed by atoms with van der Waals surface area (Å²) in [5.74, 6) is -0.423. The fraction of sp³-hybridized carbons (Fsp3) is 0.353. The molecule has 0 spiro atoms. The number of carbonyl (C=O) groups excluding carboxylic acids is 2. The van der Waals surface area contributed by atoms with E-state index in [1.54, 1.807) is 17.2 Å². The molecule has 2 amide bonds. The maximum absolute atomic E-state index is 12.3. The Morgan fingerprint density at radius 1 is 1.25 bits per heavy atom. The van der Waals surface area contributed by atoms with Gasteiger partial charge in [0.05, 0.1) is 13.2 Å². The van der Waals surface area contributed by atoms with E-state index in [9.17, 15) is 9.59 Å². The summed E-state index contributed by atoms with van der Waals surface area (Å²) in [7, 11) is 0. The molecule has 1 aromatic heterocycles. The van der Waals surface area contributed by atoms with E-state index in [1.165, 1.54) is 11.3 Å². The summed E-state index contributed by atoms with van der Waals surface area (Å²) >= 11 is 1.41. The summed E-state index contributed by atoms with van der Waals surface area (Å²) in [6.07, 6.45) is 0. The third-order valence-corrected chi connectivity index (χ3v) is 4.69. The van der Waals surface area contributed by atoms with Gasteiger partial charge in [-0.05, 0) is 6.92 Å². The largest absolute Gasteiger partial charge is 0.378 e. The van der Waals surface area contributed by atoms with Gasteiger partial charge in [0.15, 0.2) is 0 Å². The summed E-state index contributed by atoms with van der Waals surface area (Å²) in [6.45, 7) is 3.90. The molecule has 1 saturated heterocycles. The Kier molecular flexibility index (Phi) is 5.22. The molecule has 2 aromatic rings. The van der Waals surface area contributed by atoms with Crippen LogP contribution in [0.3, 0.4) is 0 Å². The maximum atomic E-state index is 12.3. The first-order valence-electron chi connectivity index (χ1n) is 7.83. The number of rotatable bonds is 4. The fourth-order valence-corrected chi connectivity index (χ4v) is 3.29. The van der Waals surface area contributed by atoms with Crippen molar-refractivity contribution in [2.24, 2.45) is 0 Å². The van der Waals surface area contributed by atoms with Gasteiger partial charge < -0.3 is 15.0 Å². The molecule has 0 unspecified atom stereocenters. The van der Waals surface area contributed by atoms with E-state index in [1.807, 2.05) is 30.3 Å². The minimum Gasteiger partial charge on any atom is -0.378 e. The molecule has 0 radical (unpaired) electrons. The summed E-state index contributed by atoms with van der Waals surface area (Å²) in [5, 5.41) is 5.23. The lowest BCUT2D eigenvalue weighted by Gasteiger charge is -2.29. The molecule has 1 N–H and O–H groups in total. The number of hydrogen-bond donors (Lipinski definition) is 1.